The average molecular weight is 238 g/mol. The molecule has 0 saturated heterocycles. The van der Waals surface area contributed by atoms with Gasteiger partial charge in [-0.05, 0) is 6.92 Å². The molecule has 0 bridgehead atoms. The van der Waals surface area contributed by atoms with Gasteiger partial charge in [0.25, 0.3) is 0 Å². The molecule has 5 heteroatoms. The summed E-state index contributed by atoms with van der Waals surface area (Å²) in [5.74, 6) is 0.878. The van der Waals surface area contributed by atoms with E-state index in [2.05, 4.69) is 48.0 Å². The van der Waals surface area contributed by atoms with Crippen molar-refractivity contribution in [3.05, 3.63) is 5.82 Å². The summed E-state index contributed by atoms with van der Waals surface area (Å²) in [6.07, 6.45) is 0.526. The summed E-state index contributed by atoms with van der Waals surface area (Å²) in [6.45, 7) is 9.96. The summed E-state index contributed by atoms with van der Waals surface area (Å²) < 4.78 is 4.37. The Hall–Kier alpha value is -1.15. The van der Waals surface area contributed by atoms with Gasteiger partial charge in [-0.2, -0.15) is 9.64 Å². The quantitative estimate of drug-likeness (QED) is 0.809. The maximum Gasteiger partial charge on any atom is 0.205 e. The number of anilines is 1. The van der Waals surface area contributed by atoms with Crippen LogP contribution in [0.25, 0.3) is 0 Å². The van der Waals surface area contributed by atoms with Crippen molar-refractivity contribution in [1.29, 1.82) is 5.26 Å². The highest BCUT2D eigenvalue weighted by molar-refractivity contribution is 7.09. The zero-order chi connectivity index (χ0) is 12.2. The largest absolute Gasteiger partial charge is 0.346 e. The highest BCUT2D eigenvalue weighted by atomic mass is 32.1. The molecular weight excluding hydrogens is 220 g/mol. The fourth-order valence-corrected chi connectivity index (χ4v) is 2.17. The van der Waals surface area contributed by atoms with Crippen LogP contribution in [0.3, 0.4) is 0 Å². The SMILES string of the molecule is CCN(CCC#N)c1nc(C(C)(C)C)ns1. The van der Waals surface area contributed by atoms with Crippen molar-refractivity contribution in [2.24, 2.45) is 0 Å². The van der Waals surface area contributed by atoms with Crippen LogP contribution in [0.15, 0.2) is 0 Å². The second kappa shape index (κ2) is 5.26. The second-order valence-electron chi connectivity index (χ2n) is 4.64. The normalized spacial score (nSPS) is 11.2. The molecule has 1 heterocycles. The van der Waals surface area contributed by atoms with E-state index < -0.39 is 0 Å². The fraction of sp³-hybridized carbons (Fsp3) is 0.727. The van der Waals surface area contributed by atoms with Crippen molar-refractivity contribution in [2.45, 2.75) is 39.5 Å². The molecule has 1 aromatic heterocycles. The molecule has 0 aliphatic rings. The molecular formula is C11H18N4S. The Morgan fingerprint density at radius 1 is 1.44 bits per heavy atom. The molecule has 0 spiro atoms. The Labute approximate surface area is 101 Å². The van der Waals surface area contributed by atoms with Crippen LogP contribution in [0, 0.1) is 11.3 Å². The first-order chi connectivity index (χ1) is 7.49. The molecule has 1 aromatic rings. The highest BCUT2D eigenvalue weighted by Crippen LogP contribution is 2.25. The highest BCUT2D eigenvalue weighted by Gasteiger charge is 2.21. The molecule has 0 N–H and O–H groups in total. The van der Waals surface area contributed by atoms with Crippen LogP contribution in [-0.4, -0.2) is 22.4 Å². The van der Waals surface area contributed by atoms with Crippen LogP contribution in [0.1, 0.15) is 39.9 Å². The third-order valence-corrected chi connectivity index (χ3v) is 3.01. The third-order valence-electron chi connectivity index (χ3n) is 2.23. The zero-order valence-corrected chi connectivity index (χ0v) is 11.1. The van der Waals surface area contributed by atoms with E-state index in [0.717, 1.165) is 24.0 Å². The van der Waals surface area contributed by atoms with E-state index in [4.69, 9.17) is 5.26 Å². The van der Waals surface area contributed by atoms with Gasteiger partial charge in [0.05, 0.1) is 12.5 Å². The van der Waals surface area contributed by atoms with Gasteiger partial charge < -0.3 is 4.90 Å². The van der Waals surface area contributed by atoms with Gasteiger partial charge in [0, 0.05) is 30.0 Å². The van der Waals surface area contributed by atoms with Gasteiger partial charge in [-0.25, -0.2) is 4.98 Å². The van der Waals surface area contributed by atoms with Crippen molar-refractivity contribution >= 4 is 16.7 Å². The minimum Gasteiger partial charge on any atom is -0.346 e. The number of nitriles is 1. The summed E-state index contributed by atoms with van der Waals surface area (Å²) in [6, 6.07) is 2.15. The maximum atomic E-state index is 8.58. The Kier molecular flexibility index (Phi) is 4.25. The van der Waals surface area contributed by atoms with E-state index in [-0.39, 0.29) is 5.41 Å². The van der Waals surface area contributed by atoms with Crippen LogP contribution in [-0.2, 0) is 5.41 Å². The lowest BCUT2D eigenvalue weighted by molar-refractivity contribution is 0.554. The zero-order valence-electron chi connectivity index (χ0n) is 10.3. The smallest absolute Gasteiger partial charge is 0.205 e. The summed E-state index contributed by atoms with van der Waals surface area (Å²) in [5, 5.41) is 9.50. The van der Waals surface area contributed by atoms with Crippen LogP contribution in [0.2, 0.25) is 0 Å². The number of rotatable bonds is 4. The maximum absolute atomic E-state index is 8.58. The van der Waals surface area contributed by atoms with Crippen LogP contribution in [0.4, 0.5) is 5.13 Å². The summed E-state index contributed by atoms with van der Waals surface area (Å²) in [5.41, 5.74) is -0.0105. The molecule has 0 atom stereocenters. The Bertz CT molecular complexity index is 372. The molecule has 0 fully saturated rings. The lowest BCUT2D eigenvalue weighted by Crippen LogP contribution is -2.24. The van der Waals surface area contributed by atoms with Crippen molar-refractivity contribution in [2.75, 3.05) is 18.0 Å². The van der Waals surface area contributed by atoms with Gasteiger partial charge in [0.2, 0.25) is 5.13 Å². The van der Waals surface area contributed by atoms with E-state index in [1.807, 2.05) is 0 Å². The molecule has 16 heavy (non-hydrogen) atoms. The topological polar surface area (TPSA) is 52.8 Å². The predicted octanol–water partition coefficient (Wildman–Crippen LogP) is 2.58. The Morgan fingerprint density at radius 2 is 2.12 bits per heavy atom. The van der Waals surface area contributed by atoms with Crippen molar-refractivity contribution in [1.82, 2.24) is 9.36 Å². The van der Waals surface area contributed by atoms with Gasteiger partial charge in [-0.15, -0.1) is 0 Å². The number of hydrogen-bond donors (Lipinski definition) is 0. The van der Waals surface area contributed by atoms with Crippen molar-refractivity contribution < 1.29 is 0 Å². The monoisotopic (exact) mass is 238 g/mol. The molecule has 0 unspecified atom stereocenters. The van der Waals surface area contributed by atoms with Gasteiger partial charge in [-0.1, -0.05) is 20.8 Å². The summed E-state index contributed by atoms with van der Waals surface area (Å²) in [4.78, 5) is 6.62. The average Bonchev–Trinajstić information content (AvgIpc) is 2.68. The van der Waals surface area contributed by atoms with Gasteiger partial charge in [0.15, 0.2) is 0 Å². The second-order valence-corrected chi connectivity index (χ2v) is 5.37. The van der Waals surface area contributed by atoms with Gasteiger partial charge >= 0.3 is 0 Å². The summed E-state index contributed by atoms with van der Waals surface area (Å²) in [7, 11) is 0. The molecule has 0 aliphatic carbocycles. The van der Waals surface area contributed by atoms with Crippen LogP contribution >= 0.6 is 11.5 Å². The van der Waals surface area contributed by atoms with E-state index in [0.29, 0.717) is 6.42 Å². The summed E-state index contributed by atoms with van der Waals surface area (Å²) >= 11 is 1.41. The Balaban J connectivity index is 2.79. The molecule has 0 aromatic carbocycles. The van der Waals surface area contributed by atoms with Gasteiger partial charge in [-0.3, -0.25) is 0 Å². The molecule has 0 saturated carbocycles. The van der Waals surface area contributed by atoms with Crippen molar-refractivity contribution in [3.8, 4) is 6.07 Å². The van der Waals surface area contributed by atoms with Crippen LogP contribution < -0.4 is 4.90 Å². The van der Waals surface area contributed by atoms with E-state index in [1.54, 1.807) is 0 Å². The first-order valence-corrected chi connectivity index (χ1v) is 6.22. The van der Waals surface area contributed by atoms with Gasteiger partial charge in [0.1, 0.15) is 5.82 Å². The number of aromatic nitrogens is 2. The molecule has 0 amide bonds. The predicted molar refractivity (Wildman–Crippen MR) is 66.7 cm³/mol. The number of hydrogen-bond acceptors (Lipinski definition) is 5. The fourth-order valence-electron chi connectivity index (χ4n) is 1.22. The first-order valence-electron chi connectivity index (χ1n) is 5.45. The molecule has 1 rings (SSSR count). The first kappa shape index (κ1) is 12.9. The molecule has 4 nitrogen and oxygen atoms in total. The lowest BCUT2D eigenvalue weighted by atomic mass is 9.96. The molecule has 88 valence electrons. The van der Waals surface area contributed by atoms with E-state index >= 15 is 0 Å². The third kappa shape index (κ3) is 3.17. The van der Waals surface area contributed by atoms with Crippen LogP contribution in [0.5, 0.6) is 0 Å². The van der Waals surface area contributed by atoms with Crippen molar-refractivity contribution in [3.63, 3.8) is 0 Å². The van der Waals surface area contributed by atoms with E-state index in [9.17, 15) is 0 Å². The molecule has 0 radical (unpaired) electrons. The standard InChI is InChI=1S/C11H18N4S/c1-5-15(8-6-7-12)10-13-9(14-16-10)11(2,3)4/h5-6,8H2,1-4H3. The van der Waals surface area contributed by atoms with E-state index in [1.165, 1.54) is 11.5 Å². The minimum absolute atomic E-state index is 0.0105. The lowest BCUT2D eigenvalue weighted by Gasteiger charge is -2.17. The minimum atomic E-state index is -0.0105. The Morgan fingerprint density at radius 3 is 2.56 bits per heavy atom. The number of nitrogens with zero attached hydrogens (tertiary/aromatic N) is 4. The molecule has 0 aliphatic heterocycles.